The molecule has 2 atom stereocenters. The van der Waals surface area contributed by atoms with Gasteiger partial charge in [-0.2, -0.15) is 0 Å². The maximum Gasteiger partial charge on any atom is 0.0772 e. The fourth-order valence-corrected chi connectivity index (χ4v) is 3.15. The minimum Gasteiger partial charge on any atom is -0.389 e. The highest BCUT2D eigenvalue weighted by Gasteiger charge is 2.17. The summed E-state index contributed by atoms with van der Waals surface area (Å²) in [6.45, 7) is 3.59. The van der Waals surface area contributed by atoms with Crippen molar-refractivity contribution < 1.29 is 9.84 Å². The Kier molecular flexibility index (Phi) is 5.25. The number of benzene rings is 1. The number of halogens is 1. The molecule has 0 aromatic heterocycles. The SMILES string of the molecule is C[C@@H](O)c1ccc(N(C)CC2CCCCO2)cc1Br. The Hall–Kier alpha value is -0.580. The largest absolute Gasteiger partial charge is 0.389 e. The lowest BCUT2D eigenvalue weighted by molar-refractivity contribution is 0.0216. The molecular weight excluding hydrogens is 306 g/mol. The minimum absolute atomic E-state index is 0.342. The summed E-state index contributed by atoms with van der Waals surface area (Å²) < 4.78 is 6.72. The third-order valence-electron chi connectivity index (χ3n) is 3.63. The Morgan fingerprint density at radius 3 is 2.84 bits per heavy atom. The maximum atomic E-state index is 9.63. The fourth-order valence-electron chi connectivity index (χ4n) is 2.45. The minimum atomic E-state index is -0.449. The van der Waals surface area contributed by atoms with Crippen molar-refractivity contribution in [2.45, 2.75) is 38.4 Å². The molecular formula is C15H22BrNO2. The monoisotopic (exact) mass is 327 g/mol. The quantitative estimate of drug-likeness (QED) is 0.918. The topological polar surface area (TPSA) is 32.7 Å². The number of hydrogen-bond acceptors (Lipinski definition) is 3. The molecule has 0 spiro atoms. The van der Waals surface area contributed by atoms with Crippen molar-refractivity contribution >= 4 is 21.6 Å². The molecule has 1 aliphatic heterocycles. The van der Waals surface area contributed by atoms with E-state index in [2.05, 4.69) is 40.0 Å². The van der Waals surface area contributed by atoms with E-state index >= 15 is 0 Å². The number of likely N-dealkylation sites (N-methyl/N-ethyl adjacent to an activating group) is 1. The van der Waals surface area contributed by atoms with Crippen molar-refractivity contribution in [3.63, 3.8) is 0 Å². The van der Waals surface area contributed by atoms with Crippen LogP contribution < -0.4 is 4.90 Å². The second kappa shape index (κ2) is 6.73. The summed E-state index contributed by atoms with van der Waals surface area (Å²) in [5.74, 6) is 0. The molecule has 1 saturated heterocycles. The number of nitrogens with zero attached hydrogens (tertiary/aromatic N) is 1. The van der Waals surface area contributed by atoms with Crippen LogP contribution in [0.25, 0.3) is 0 Å². The smallest absolute Gasteiger partial charge is 0.0772 e. The lowest BCUT2D eigenvalue weighted by Gasteiger charge is -2.29. The van der Waals surface area contributed by atoms with Crippen molar-refractivity contribution in [3.8, 4) is 0 Å². The van der Waals surface area contributed by atoms with E-state index in [-0.39, 0.29) is 0 Å². The number of hydrogen-bond donors (Lipinski definition) is 1. The second-order valence-corrected chi connectivity index (χ2v) is 6.11. The van der Waals surface area contributed by atoms with E-state index in [1.807, 2.05) is 6.07 Å². The van der Waals surface area contributed by atoms with Crippen LogP contribution >= 0.6 is 15.9 Å². The van der Waals surface area contributed by atoms with Crippen LogP contribution in [0.4, 0.5) is 5.69 Å². The van der Waals surface area contributed by atoms with Crippen LogP contribution in [0.15, 0.2) is 22.7 Å². The molecule has 0 saturated carbocycles. The summed E-state index contributed by atoms with van der Waals surface area (Å²) in [6, 6.07) is 6.09. The number of aliphatic hydroxyl groups is 1. The fraction of sp³-hybridized carbons (Fsp3) is 0.600. The Bertz CT molecular complexity index is 417. The molecule has 3 nitrogen and oxygen atoms in total. The van der Waals surface area contributed by atoms with Gasteiger partial charge >= 0.3 is 0 Å². The zero-order valence-electron chi connectivity index (χ0n) is 11.6. The van der Waals surface area contributed by atoms with E-state index in [1.165, 1.54) is 12.8 Å². The van der Waals surface area contributed by atoms with Crippen molar-refractivity contribution in [2.75, 3.05) is 25.1 Å². The molecule has 0 radical (unpaired) electrons. The summed E-state index contributed by atoms with van der Waals surface area (Å²) >= 11 is 3.52. The summed E-state index contributed by atoms with van der Waals surface area (Å²) in [5.41, 5.74) is 2.07. The van der Waals surface area contributed by atoms with Crippen molar-refractivity contribution in [1.29, 1.82) is 0 Å². The van der Waals surface area contributed by atoms with E-state index in [1.54, 1.807) is 6.92 Å². The van der Waals surface area contributed by atoms with Crippen LogP contribution in [-0.2, 0) is 4.74 Å². The molecule has 0 bridgehead atoms. The Balaban J connectivity index is 2.02. The molecule has 106 valence electrons. The van der Waals surface area contributed by atoms with Crippen LogP contribution in [-0.4, -0.2) is 31.4 Å². The third kappa shape index (κ3) is 3.94. The molecule has 0 aliphatic carbocycles. The van der Waals surface area contributed by atoms with Crippen LogP contribution in [0.1, 0.15) is 37.9 Å². The molecule has 1 unspecified atom stereocenters. The molecule has 4 heteroatoms. The number of rotatable bonds is 4. The van der Waals surface area contributed by atoms with Gasteiger partial charge < -0.3 is 14.7 Å². The van der Waals surface area contributed by atoms with Gasteiger partial charge in [0.05, 0.1) is 12.2 Å². The Morgan fingerprint density at radius 2 is 2.26 bits per heavy atom. The van der Waals surface area contributed by atoms with E-state index in [0.29, 0.717) is 6.10 Å². The van der Waals surface area contributed by atoms with Gasteiger partial charge in [-0.1, -0.05) is 22.0 Å². The van der Waals surface area contributed by atoms with Crippen molar-refractivity contribution in [3.05, 3.63) is 28.2 Å². The average molecular weight is 328 g/mol. The average Bonchev–Trinajstić information content (AvgIpc) is 2.39. The number of anilines is 1. The maximum absolute atomic E-state index is 9.63. The first kappa shape index (κ1) is 14.8. The number of ether oxygens (including phenoxy) is 1. The Morgan fingerprint density at radius 1 is 1.47 bits per heavy atom. The predicted molar refractivity (Wildman–Crippen MR) is 81.6 cm³/mol. The first-order valence-corrected chi connectivity index (χ1v) is 7.67. The molecule has 1 fully saturated rings. The zero-order valence-corrected chi connectivity index (χ0v) is 13.2. The summed E-state index contributed by atoms with van der Waals surface area (Å²) in [6.07, 6.45) is 3.50. The van der Waals surface area contributed by atoms with Gasteiger partial charge in [-0.05, 0) is 43.9 Å². The molecule has 1 aromatic carbocycles. The van der Waals surface area contributed by atoms with Crippen LogP contribution in [0, 0.1) is 0 Å². The lowest BCUT2D eigenvalue weighted by Crippen LogP contribution is -2.33. The highest BCUT2D eigenvalue weighted by molar-refractivity contribution is 9.10. The van der Waals surface area contributed by atoms with Crippen LogP contribution in [0.3, 0.4) is 0 Å². The van der Waals surface area contributed by atoms with E-state index < -0.39 is 6.10 Å². The lowest BCUT2D eigenvalue weighted by atomic mass is 10.1. The van der Waals surface area contributed by atoms with Crippen molar-refractivity contribution in [1.82, 2.24) is 0 Å². The molecule has 19 heavy (non-hydrogen) atoms. The first-order valence-electron chi connectivity index (χ1n) is 6.88. The molecule has 1 N–H and O–H groups in total. The predicted octanol–water partition coefficient (Wildman–Crippen LogP) is 3.51. The van der Waals surface area contributed by atoms with Crippen LogP contribution in [0.2, 0.25) is 0 Å². The van der Waals surface area contributed by atoms with Gasteiger partial charge in [-0.15, -0.1) is 0 Å². The van der Waals surface area contributed by atoms with Crippen molar-refractivity contribution in [2.24, 2.45) is 0 Å². The van der Waals surface area contributed by atoms with E-state index in [4.69, 9.17) is 4.74 Å². The molecule has 1 aromatic rings. The van der Waals surface area contributed by atoms with Gasteiger partial charge in [0.2, 0.25) is 0 Å². The standard InChI is InChI=1S/C15H22BrNO2/c1-11(18)14-7-6-12(9-15(14)16)17(2)10-13-5-3-4-8-19-13/h6-7,9,11,13,18H,3-5,8,10H2,1-2H3/t11-,13?/m1/s1. The van der Waals surface area contributed by atoms with Crippen LogP contribution in [0.5, 0.6) is 0 Å². The van der Waals surface area contributed by atoms with Gasteiger partial charge in [0, 0.05) is 30.4 Å². The number of aliphatic hydroxyl groups excluding tert-OH is 1. The summed E-state index contributed by atoms with van der Waals surface area (Å²) in [5, 5.41) is 9.63. The molecule has 0 amide bonds. The summed E-state index contributed by atoms with van der Waals surface area (Å²) in [7, 11) is 2.09. The Labute approximate surface area is 123 Å². The van der Waals surface area contributed by atoms with E-state index in [0.717, 1.165) is 35.3 Å². The third-order valence-corrected chi connectivity index (χ3v) is 4.31. The highest BCUT2D eigenvalue weighted by atomic mass is 79.9. The molecule has 1 aliphatic rings. The van der Waals surface area contributed by atoms with Gasteiger partial charge in [-0.25, -0.2) is 0 Å². The van der Waals surface area contributed by atoms with Gasteiger partial charge in [-0.3, -0.25) is 0 Å². The molecule has 1 heterocycles. The van der Waals surface area contributed by atoms with Gasteiger partial charge in [0.15, 0.2) is 0 Å². The zero-order chi connectivity index (χ0) is 13.8. The molecule has 2 rings (SSSR count). The van der Waals surface area contributed by atoms with Gasteiger partial charge in [0.25, 0.3) is 0 Å². The van der Waals surface area contributed by atoms with E-state index in [9.17, 15) is 5.11 Å². The second-order valence-electron chi connectivity index (χ2n) is 5.25. The summed E-state index contributed by atoms with van der Waals surface area (Å²) in [4.78, 5) is 2.21. The highest BCUT2D eigenvalue weighted by Crippen LogP contribution is 2.28. The normalized spacial score (nSPS) is 21.2. The van der Waals surface area contributed by atoms with Gasteiger partial charge in [0.1, 0.15) is 0 Å². The first-order chi connectivity index (χ1) is 9.08.